The van der Waals surface area contributed by atoms with Crippen molar-refractivity contribution in [3.05, 3.63) is 90.2 Å². The van der Waals surface area contributed by atoms with Gasteiger partial charge in [-0.1, -0.05) is 50.6 Å². The minimum atomic E-state index is -4.29. The minimum Gasteiger partial charge on any atom is -0.494 e. The number of ether oxygens (including phenoxy) is 1. The summed E-state index contributed by atoms with van der Waals surface area (Å²) in [7, 11) is -4.29. The van der Waals surface area contributed by atoms with E-state index in [1.54, 1.807) is 24.3 Å². The number of unbranched alkanes of at least 4 members (excludes halogenated alkanes) is 1. The van der Waals surface area contributed by atoms with Gasteiger partial charge in [-0.15, -0.1) is 0 Å². The van der Waals surface area contributed by atoms with Gasteiger partial charge in [-0.05, 0) is 73.9 Å². The molecule has 0 spiro atoms. The fourth-order valence-electron chi connectivity index (χ4n) is 4.34. The summed E-state index contributed by atoms with van der Waals surface area (Å²) in [5.41, 5.74) is 1.03. The Morgan fingerprint density at radius 2 is 1.59 bits per heavy atom. The number of hydrogen-bond acceptors (Lipinski definition) is 5. The summed E-state index contributed by atoms with van der Waals surface area (Å²) in [6.45, 7) is 6.13. The van der Waals surface area contributed by atoms with Crippen molar-refractivity contribution in [1.29, 1.82) is 0 Å². The van der Waals surface area contributed by atoms with Gasteiger partial charge in [-0.3, -0.25) is 13.9 Å². The molecule has 1 N–H and O–H groups in total. The van der Waals surface area contributed by atoms with Crippen LogP contribution in [0.25, 0.3) is 0 Å². The molecule has 0 aromatic heterocycles. The van der Waals surface area contributed by atoms with Gasteiger partial charge in [0.1, 0.15) is 24.2 Å². The SMILES string of the molecule is CCCCNC(=O)[C@@H](CC)N(Cc1ccccc1)C(=O)CN(c1ccc(OCC)cc1)S(=O)(=O)c1ccc(F)cc1. The van der Waals surface area contributed by atoms with Crippen molar-refractivity contribution in [1.82, 2.24) is 10.2 Å². The highest BCUT2D eigenvalue weighted by molar-refractivity contribution is 7.92. The van der Waals surface area contributed by atoms with E-state index in [2.05, 4.69) is 5.32 Å². The molecule has 0 aliphatic rings. The number of nitrogens with zero attached hydrogens (tertiary/aromatic N) is 2. The van der Waals surface area contributed by atoms with Crippen LogP contribution in [0, 0.1) is 5.82 Å². The van der Waals surface area contributed by atoms with Crippen molar-refractivity contribution in [2.75, 3.05) is 24.0 Å². The van der Waals surface area contributed by atoms with Crippen LogP contribution in [-0.4, -0.2) is 50.9 Å². The second-order valence-electron chi connectivity index (χ2n) is 9.47. The first-order valence-electron chi connectivity index (χ1n) is 13.8. The molecular weight excluding hydrogens is 545 g/mol. The number of hydrogen-bond donors (Lipinski definition) is 1. The maximum absolute atomic E-state index is 14.0. The number of anilines is 1. The van der Waals surface area contributed by atoms with E-state index < -0.39 is 34.3 Å². The molecule has 3 rings (SSSR count). The lowest BCUT2D eigenvalue weighted by Gasteiger charge is -2.33. The Bertz CT molecular complexity index is 1370. The normalized spacial score (nSPS) is 11.9. The fraction of sp³-hybridized carbons (Fsp3) is 0.355. The highest BCUT2D eigenvalue weighted by atomic mass is 32.2. The zero-order chi connectivity index (χ0) is 29.8. The van der Waals surface area contributed by atoms with E-state index in [4.69, 9.17) is 4.74 Å². The van der Waals surface area contributed by atoms with Gasteiger partial charge in [0.2, 0.25) is 11.8 Å². The van der Waals surface area contributed by atoms with E-state index in [0.717, 1.165) is 47.0 Å². The molecular formula is C31H38FN3O5S. The summed E-state index contributed by atoms with van der Waals surface area (Å²) < 4.78 is 47.8. The highest BCUT2D eigenvalue weighted by Crippen LogP contribution is 2.27. The average Bonchev–Trinajstić information content (AvgIpc) is 2.97. The zero-order valence-electron chi connectivity index (χ0n) is 23.8. The number of carbonyl (C=O) groups excluding carboxylic acids is 2. The first kappa shape index (κ1) is 31.6. The van der Waals surface area contributed by atoms with Crippen LogP contribution in [0.4, 0.5) is 10.1 Å². The molecule has 3 aromatic rings. The Morgan fingerprint density at radius 1 is 0.927 bits per heavy atom. The first-order valence-corrected chi connectivity index (χ1v) is 15.3. The molecule has 0 aliphatic carbocycles. The van der Waals surface area contributed by atoms with Gasteiger partial charge in [-0.25, -0.2) is 12.8 Å². The summed E-state index contributed by atoms with van der Waals surface area (Å²) in [4.78, 5) is 28.5. The molecule has 0 radical (unpaired) electrons. The molecule has 0 bridgehead atoms. The predicted octanol–water partition coefficient (Wildman–Crippen LogP) is 5.14. The molecule has 1 atom stereocenters. The second-order valence-corrected chi connectivity index (χ2v) is 11.3. The Hall–Kier alpha value is -3.92. The van der Waals surface area contributed by atoms with Gasteiger partial charge in [-0.2, -0.15) is 0 Å². The molecule has 220 valence electrons. The van der Waals surface area contributed by atoms with Crippen LogP contribution < -0.4 is 14.4 Å². The molecule has 8 nitrogen and oxygen atoms in total. The Labute approximate surface area is 242 Å². The van der Waals surface area contributed by atoms with Crippen molar-refractivity contribution < 1.29 is 27.1 Å². The van der Waals surface area contributed by atoms with Gasteiger partial charge < -0.3 is 15.0 Å². The molecule has 2 amide bonds. The third-order valence-electron chi connectivity index (χ3n) is 6.53. The Morgan fingerprint density at radius 3 is 2.17 bits per heavy atom. The van der Waals surface area contributed by atoms with E-state index in [0.29, 0.717) is 25.3 Å². The third-order valence-corrected chi connectivity index (χ3v) is 8.32. The van der Waals surface area contributed by atoms with Crippen LogP contribution in [0.5, 0.6) is 5.75 Å². The highest BCUT2D eigenvalue weighted by Gasteiger charge is 2.33. The predicted molar refractivity (Wildman–Crippen MR) is 158 cm³/mol. The molecule has 10 heteroatoms. The summed E-state index contributed by atoms with van der Waals surface area (Å²) in [5, 5.41) is 2.91. The summed E-state index contributed by atoms with van der Waals surface area (Å²) in [5.74, 6) is -0.881. The lowest BCUT2D eigenvalue weighted by atomic mass is 10.1. The van der Waals surface area contributed by atoms with Gasteiger partial charge >= 0.3 is 0 Å². The van der Waals surface area contributed by atoms with Gasteiger partial charge in [0.05, 0.1) is 17.2 Å². The Balaban J connectivity index is 2.02. The molecule has 0 heterocycles. The standard InChI is InChI=1S/C31H38FN3O5S/c1-4-7-21-33-31(37)29(5-2)34(22-24-11-9-8-10-12-24)30(36)23-35(26-15-17-27(18-16-26)40-6-3)41(38,39)28-19-13-25(32)14-20-28/h8-20,29H,4-7,21-23H2,1-3H3,(H,33,37)/t29-/m1/s1. The third kappa shape index (κ3) is 8.53. The summed E-state index contributed by atoms with van der Waals surface area (Å²) in [6, 6.07) is 19.2. The van der Waals surface area contributed by atoms with Crippen LogP contribution in [0.1, 0.15) is 45.6 Å². The monoisotopic (exact) mass is 583 g/mol. The zero-order valence-corrected chi connectivity index (χ0v) is 24.6. The van der Waals surface area contributed by atoms with Gasteiger partial charge in [0.15, 0.2) is 0 Å². The van der Waals surface area contributed by atoms with Gasteiger partial charge in [0.25, 0.3) is 10.0 Å². The minimum absolute atomic E-state index is 0.118. The largest absolute Gasteiger partial charge is 0.494 e. The van der Waals surface area contributed by atoms with E-state index in [1.807, 2.05) is 51.1 Å². The van der Waals surface area contributed by atoms with E-state index in [-0.39, 0.29) is 23.0 Å². The first-order chi connectivity index (χ1) is 19.7. The number of sulfonamides is 1. The lowest BCUT2D eigenvalue weighted by molar-refractivity contribution is -0.140. The van der Waals surface area contributed by atoms with Crippen LogP contribution in [0.2, 0.25) is 0 Å². The van der Waals surface area contributed by atoms with E-state index >= 15 is 0 Å². The molecule has 3 aromatic carbocycles. The number of benzene rings is 3. The van der Waals surface area contributed by atoms with Crippen LogP contribution in [0.3, 0.4) is 0 Å². The quantitative estimate of drug-likeness (QED) is 0.250. The summed E-state index contributed by atoms with van der Waals surface area (Å²) >= 11 is 0. The van der Waals surface area contributed by atoms with E-state index in [1.165, 1.54) is 4.90 Å². The maximum atomic E-state index is 14.0. The van der Waals surface area contributed by atoms with Gasteiger partial charge in [0, 0.05) is 13.1 Å². The number of rotatable bonds is 15. The molecule has 0 fully saturated rings. The van der Waals surface area contributed by atoms with Crippen molar-refractivity contribution in [2.24, 2.45) is 0 Å². The molecule has 0 aliphatic heterocycles. The summed E-state index contributed by atoms with van der Waals surface area (Å²) in [6.07, 6.45) is 2.04. The van der Waals surface area contributed by atoms with Crippen LogP contribution in [0.15, 0.2) is 83.8 Å². The smallest absolute Gasteiger partial charge is 0.264 e. The molecule has 0 saturated heterocycles. The average molecular weight is 584 g/mol. The lowest BCUT2D eigenvalue weighted by Crippen LogP contribution is -2.52. The number of nitrogens with one attached hydrogen (secondary N) is 1. The molecule has 41 heavy (non-hydrogen) atoms. The maximum Gasteiger partial charge on any atom is 0.264 e. The van der Waals surface area contributed by atoms with Crippen molar-refractivity contribution in [3.63, 3.8) is 0 Å². The van der Waals surface area contributed by atoms with Crippen molar-refractivity contribution >= 4 is 27.5 Å². The fourth-order valence-corrected chi connectivity index (χ4v) is 5.76. The number of carbonyl (C=O) groups is 2. The number of amides is 2. The van der Waals surface area contributed by atoms with Crippen molar-refractivity contribution in [3.8, 4) is 5.75 Å². The second kappa shape index (κ2) is 15.2. The molecule has 0 saturated carbocycles. The van der Waals surface area contributed by atoms with Crippen molar-refractivity contribution in [2.45, 2.75) is 57.5 Å². The Kier molecular flexibility index (Phi) is 11.7. The number of halogens is 1. The van der Waals surface area contributed by atoms with Crippen LogP contribution >= 0.6 is 0 Å². The van der Waals surface area contributed by atoms with Crippen LogP contribution in [-0.2, 0) is 26.2 Å². The van der Waals surface area contributed by atoms with E-state index in [9.17, 15) is 22.4 Å². The topological polar surface area (TPSA) is 96.0 Å². The molecule has 0 unspecified atom stereocenters.